The fourth-order valence-electron chi connectivity index (χ4n) is 8.79. The first-order valence-electron chi connectivity index (χ1n) is 32.8. The summed E-state index contributed by atoms with van der Waals surface area (Å²) in [5.74, 6) is -0.719. The van der Waals surface area contributed by atoms with E-state index >= 15 is 0 Å². The molecule has 43 nitrogen and oxygen atoms in total. The van der Waals surface area contributed by atoms with Crippen molar-refractivity contribution in [2.75, 3.05) is 59.3 Å². The third-order valence-corrected chi connectivity index (χ3v) is 19.2. The molecule has 2 aliphatic rings. The highest BCUT2D eigenvalue weighted by Gasteiger charge is 2.35. The minimum Gasteiger partial charge on any atom is -0.460 e. The van der Waals surface area contributed by atoms with E-state index in [1.54, 1.807) is 62.4 Å². The average molecular weight is 1640 g/mol. The molecule has 0 amide bonds. The van der Waals surface area contributed by atoms with E-state index in [1.807, 2.05) is 41.5 Å². The van der Waals surface area contributed by atoms with Crippen LogP contribution in [0.25, 0.3) is 31.3 Å². The van der Waals surface area contributed by atoms with E-state index in [1.165, 1.54) is 100 Å². The number of esters is 2. The van der Waals surface area contributed by atoms with Gasteiger partial charge in [-0.1, -0.05) is 107 Å². The van der Waals surface area contributed by atoms with Gasteiger partial charge in [-0.3, -0.25) is 26.3 Å². The van der Waals surface area contributed by atoms with Gasteiger partial charge in [-0.2, -0.15) is 33.7 Å². The highest BCUT2D eigenvalue weighted by molar-refractivity contribution is 7.87. The molecular weight excluding hydrogens is 1560 g/mol. The van der Waals surface area contributed by atoms with Crippen molar-refractivity contribution in [1.82, 2.24) is 34.1 Å². The third kappa shape index (κ3) is 34.2. The van der Waals surface area contributed by atoms with E-state index in [4.69, 9.17) is 64.0 Å². The predicted octanol–water partition coefficient (Wildman–Crippen LogP) is 8.12. The van der Waals surface area contributed by atoms with Crippen LogP contribution < -0.4 is 0 Å². The van der Waals surface area contributed by atoms with Crippen LogP contribution in [0.15, 0.2) is 163 Å². The Bertz CT molecular complexity index is 4900. The van der Waals surface area contributed by atoms with Gasteiger partial charge < -0.3 is 53.8 Å². The van der Waals surface area contributed by atoms with Crippen molar-refractivity contribution < 1.29 is 103 Å². The maximum absolute atomic E-state index is 12.4. The Morgan fingerprint density at radius 1 is 0.607 bits per heavy atom. The Morgan fingerprint density at radius 2 is 0.991 bits per heavy atom. The number of hydrogen-bond donors (Lipinski definition) is 1. The number of ether oxygens (including phenoxy) is 6. The number of carbonyl (C=O) groups is 2. The third-order valence-electron chi connectivity index (χ3n) is 14.0. The molecule has 2 aliphatic heterocycles. The normalized spacial score (nSPS) is 15.4. The summed E-state index contributed by atoms with van der Waals surface area (Å²) in [6.07, 6.45) is 8.48. The molecule has 2 fully saturated rings. The van der Waals surface area contributed by atoms with Gasteiger partial charge in [0, 0.05) is 28.6 Å². The summed E-state index contributed by atoms with van der Waals surface area (Å²) in [5, 5.41) is 48.0. The topological polar surface area (TPSA) is 582 Å². The molecule has 7 aromatic rings. The van der Waals surface area contributed by atoms with Crippen molar-refractivity contribution >= 4 is 64.3 Å². The number of imidazole rings is 2. The number of benzene rings is 4. The van der Waals surface area contributed by atoms with Crippen molar-refractivity contribution in [3.8, 4) is 12.3 Å². The Balaban J connectivity index is 0.000000294. The number of terminal acetylenes is 1. The highest BCUT2D eigenvalue weighted by Crippen LogP contribution is 2.25. The summed E-state index contributed by atoms with van der Waals surface area (Å²) in [6, 6.07) is 24.9. The van der Waals surface area contributed by atoms with Gasteiger partial charge in [0.25, 0.3) is 40.5 Å². The lowest BCUT2D eigenvalue weighted by Crippen LogP contribution is -2.29. The minimum atomic E-state index is -4.05. The number of aliphatic hydroxyl groups is 1. The first-order chi connectivity index (χ1) is 52.6. The van der Waals surface area contributed by atoms with E-state index in [0.717, 1.165) is 29.2 Å². The molecule has 47 heteroatoms. The van der Waals surface area contributed by atoms with Crippen LogP contribution in [0.3, 0.4) is 0 Å². The van der Waals surface area contributed by atoms with E-state index < -0.39 is 112 Å². The number of hydrogen-bond acceptors (Lipinski definition) is 32. The summed E-state index contributed by atoms with van der Waals surface area (Å²) in [4.78, 5) is 57.2. The minimum absolute atomic E-state index is 0.00143. The summed E-state index contributed by atoms with van der Waals surface area (Å²) in [5.41, 5.74) is 28.4. The summed E-state index contributed by atoms with van der Waals surface area (Å²) >= 11 is 0. The van der Waals surface area contributed by atoms with Gasteiger partial charge in [-0.05, 0) is 130 Å². The maximum atomic E-state index is 12.4. The Morgan fingerprint density at radius 3 is 1.39 bits per heavy atom. The second-order valence-corrected chi connectivity index (χ2v) is 30.8. The van der Waals surface area contributed by atoms with Crippen LogP contribution in [0.2, 0.25) is 0 Å². The molecule has 5 heterocycles. The molecule has 112 heavy (non-hydrogen) atoms. The van der Waals surface area contributed by atoms with Crippen molar-refractivity contribution in [2.24, 2.45) is 15.3 Å². The molecule has 606 valence electrons. The molecule has 0 bridgehead atoms. The molecule has 0 aliphatic carbocycles. The highest BCUT2D eigenvalue weighted by atomic mass is 32.2. The summed E-state index contributed by atoms with van der Waals surface area (Å²) < 4.78 is 151. The Kier molecular flexibility index (Phi) is 37.4. The number of rotatable bonds is 31. The van der Waals surface area contributed by atoms with Crippen LogP contribution in [0, 0.1) is 60.3 Å². The second kappa shape index (κ2) is 44.8. The molecule has 3 aromatic heterocycles. The number of aromatic nitrogens is 7. The standard InChI is InChI=1S/C18H20N6O7S.C13H18O5S.C12H15N3O5S.C10H13N3O4S.C6H11N3O2.C6H5N3O2/c1-13-3-5-17(6-4-13)32(28,29)30-12-16(31-14(2)25)11-23-10-15(20-21-23)9-22-8-7-19-18(22)24(26)27;1-10-4-6-12(7-5-10)19(14,15)17-9-11-8-16-13(2,3)18-11;1-9-3-5-12(6-4-9)21(17,18)19-8-11(7-14-15-13)20-10(2)16;1-8-2-4-10(5-3-8)18(15,16)17-7-9(14)6-12-13-11;1-6(2)10-4-5(11-6)3-8-9-7;1-2-4-8-5-3-7-6(8)9(10)11/h3-8,10,16H,9,11-12H2,1-2H3;4-7,11H,8-9H2,1-3H3;3-6,11H,7-8H2,1-2H3;2-5,9,14H,6-7H2,1H3;5H,3-4H2,1-2H3;1,3,5H,4H2. The van der Waals surface area contributed by atoms with Gasteiger partial charge in [0.05, 0.1) is 90.6 Å². The number of azide groups is 3. The number of aliphatic hydroxyl groups excluding tert-OH is 1. The van der Waals surface area contributed by atoms with Crippen molar-refractivity contribution in [3.63, 3.8) is 0 Å². The average Bonchev–Trinajstić information content (AvgIpc) is 1.52. The van der Waals surface area contributed by atoms with Crippen LogP contribution in [-0.4, -0.2) is 196 Å². The first kappa shape index (κ1) is 93.5. The van der Waals surface area contributed by atoms with Crippen molar-refractivity contribution in [1.29, 1.82) is 0 Å². The molecule has 5 atom stereocenters. The molecule has 2 saturated heterocycles. The van der Waals surface area contributed by atoms with Crippen LogP contribution in [0.1, 0.15) is 69.5 Å². The number of nitro groups is 2. The number of carbonyl (C=O) groups excluding carboxylic acids is 2. The van der Waals surface area contributed by atoms with E-state index in [9.17, 15) is 68.6 Å². The lowest BCUT2D eigenvalue weighted by molar-refractivity contribution is -0.396. The Hall–Kier alpha value is -10.9. The first-order valence-corrected chi connectivity index (χ1v) is 38.4. The number of nitrogens with zero attached hydrogens (tertiary/aromatic N) is 18. The summed E-state index contributed by atoms with van der Waals surface area (Å²) in [7, 11) is -15.6. The van der Waals surface area contributed by atoms with Gasteiger partial charge in [0.15, 0.2) is 11.6 Å². The van der Waals surface area contributed by atoms with Gasteiger partial charge >= 0.3 is 23.8 Å². The zero-order valence-corrected chi connectivity index (χ0v) is 65.3. The zero-order chi connectivity index (χ0) is 83.5. The SMILES string of the molecule is C#CCn1ccnc1[N+](=O)[O-].CC(=O)OC(CN=[N+]=[N-])COS(=O)(=O)c1ccc(C)cc1.CC(=O)OC(COS(=O)(=O)c1ccc(C)cc1)Cn1cc(Cn2ccnc2[N+](=O)[O-])nn1.CC1(C)OCC(CN=[N+]=[N-])O1.Cc1ccc(S(=O)(=O)OCC(O)CN=[N+]=[N-])cc1.Cc1ccc(S(=O)(=O)OCC2COC(C)(C)O2)cc1. The molecule has 0 saturated carbocycles. The molecule has 4 aromatic carbocycles. The lowest BCUT2D eigenvalue weighted by atomic mass is 10.2. The van der Waals surface area contributed by atoms with Gasteiger partial charge in [0.1, 0.15) is 75.1 Å². The van der Waals surface area contributed by atoms with Crippen LogP contribution in [0.5, 0.6) is 0 Å². The quantitative estimate of drug-likeness (QED) is 0.00626. The smallest absolute Gasteiger partial charge is 0.435 e. The van der Waals surface area contributed by atoms with Gasteiger partial charge in [-0.15, -0.1) is 11.5 Å². The molecule has 9 rings (SSSR count). The molecule has 1 N–H and O–H groups in total. The summed E-state index contributed by atoms with van der Waals surface area (Å²) in [6.45, 7) is 16.5. The van der Waals surface area contributed by atoms with Crippen molar-refractivity contribution in [2.45, 2.75) is 151 Å². The monoisotopic (exact) mass is 1640 g/mol. The largest absolute Gasteiger partial charge is 0.460 e. The van der Waals surface area contributed by atoms with Crippen molar-refractivity contribution in [3.05, 3.63) is 208 Å². The number of aryl methyl sites for hydroxylation is 4. The molecular formula is C65H82N18O25S4. The van der Waals surface area contributed by atoms with Gasteiger partial charge in [-0.25, -0.2) is 13.8 Å². The zero-order valence-electron chi connectivity index (χ0n) is 62.0. The fraction of sp³-hybridized carbons (Fsp3) is 0.446. The predicted molar refractivity (Wildman–Crippen MR) is 392 cm³/mol. The maximum Gasteiger partial charge on any atom is 0.435 e. The van der Waals surface area contributed by atoms with E-state index in [-0.39, 0.29) is 83.0 Å². The second-order valence-electron chi connectivity index (χ2n) is 24.3. The fourth-order valence-corrected chi connectivity index (χ4v) is 12.5. The Labute approximate surface area is 643 Å². The van der Waals surface area contributed by atoms with Crippen LogP contribution in [-0.2, 0) is 115 Å². The molecule has 0 spiro atoms. The van der Waals surface area contributed by atoms with E-state index in [2.05, 4.69) is 60.5 Å². The molecule has 0 radical (unpaired) electrons. The van der Waals surface area contributed by atoms with Gasteiger partial charge in [0.2, 0.25) is 0 Å². The molecule has 5 unspecified atom stereocenters. The van der Waals surface area contributed by atoms with Crippen LogP contribution >= 0.6 is 0 Å². The van der Waals surface area contributed by atoms with E-state index in [0.29, 0.717) is 25.5 Å². The van der Waals surface area contributed by atoms with Crippen LogP contribution in [0.4, 0.5) is 11.9 Å². The lowest BCUT2D eigenvalue weighted by Gasteiger charge is -2.16.